The first kappa shape index (κ1) is 22.9. The molecular formula is C20H24ClN3O4S. The standard InChI is InChI=1S/C20H24ClN3O4S/c1-14(16-5-7-17(21)8-6-16)24(4)20(26)13-23(3)29(27,28)19-11-9-18(10-12-19)22-15(2)25/h5-12,14H,13H2,1-4H3,(H,22,25). The third kappa shape index (κ3) is 5.79. The Labute approximate surface area is 176 Å². The largest absolute Gasteiger partial charge is 0.338 e. The van der Waals surface area contributed by atoms with E-state index in [1.807, 2.05) is 19.1 Å². The number of carbonyl (C=O) groups excluding carboxylic acids is 2. The van der Waals surface area contributed by atoms with E-state index in [9.17, 15) is 18.0 Å². The fourth-order valence-corrected chi connectivity index (χ4v) is 3.91. The molecule has 0 bridgehead atoms. The first-order valence-electron chi connectivity index (χ1n) is 8.87. The number of sulfonamides is 1. The second-order valence-electron chi connectivity index (χ2n) is 6.70. The Bertz CT molecular complexity index is 976. The molecule has 9 heteroatoms. The van der Waals surface area contributed by atoms with E-state index >= 15 is 0 Å². The van der Waals surface area contributed by atoms with Crippen LogP contribution in [0.15, 0.2) is 53.4 Å². The van der Waals surface area contributed by atoms with E-state index in [4.69, 9.17) is 11.6 Å². The number of likely N-dealkylation sites (N-methyl/N-ethyl adjacent to an activating group) is 2. The molecule has 1 N–H and O–H groups in total. The number of hydrogen-bond acceptors (Lipinski definition) is 4. The van der Waals surface area contributed by atoms with Crippen molar-refractivity contribution < 1.29 is 18.0 Å². The van der Waals surface area contributed by atoms with Crippen LogP contribution in [0.25, 0.3) is 0 Å². The highest BCUT2D eigenvalue weighted by molar-refractivity contribution is 7.89. The topological polar surface area (TPSA) is 86.8 Å². The lowest BCUT2D eigenvalue weighted by Crippen LogP contribution is -2.40. The molecule has 2 aromatic rings. The number of halogens is 1. The molecule has 7 nitrogen and oxygen atoms in total. The monoisotopic (exact) mass is 437 g/mol. The first-order chi connectivity index (χ1) is 13.5. The van der Waals surface area contributed by atoms with Gasteiger partial charge in [-0.25, -0.2) is 8.42 Å². The zero-order chi connectivity index (χ0) is 21.8. The van der Waals surface area contributed by atoms with Gasteiger partial charge in [0.2, 0.25) is 21.8 Å². The summed E-state index contributed by atoms with van der Waals surface area (Å²) in [5.41, 5.74) is 1.39. The number of benzene rings is 2. The highest BCUT2D eigenvalue weighted by Gasteiger charge is 2.26. The van der Waals surface area contributed by atoms with Crippen LogP contribution in [0.3, 0.4) is 0 Å². The molecule has 1 unspecified atom stereocenters. The molecule has 2 rings (SSSR count). The normalized spacial score (nSPS) is 12.5. The van der Waals surface area contributed by atoms with Gasteiger partial charge in [0, 0.05) is 31.7 Å². The van der Waals surface area contributed by atoms with E-state index in [0.717, 1.165) is 9.87 Å². The fourth-order valence-electron chi connectivity index (χ4n) is 2.66. The summed E-state index contributed by atoms with van der Waals surface area (Å²) in [6.45, 7) is 2.92. The Balaban J connectivity index is 2.08. The molecule has 29 heavy (non-hydrogen) atoms. The minimum absolute atomic E-state index is 0.0373. The lowest BCUT2D eigenvalue weighted by Gasteiger charge is -2.27. The first-order valence-corrected chi connectivity index (χ1v) is 10.7. The predicted octanol–water partition coefficient (Wildman–Crippen LogP) is 3.14. The van der Waals surface area contributed by atoms with E-state index < -0.39 is 10.0 Å². The maximum Gasteiger partial charge on any atom is 0.243 e. The van der Waals surface area contributed by atoms with Crippen molar-refractivity contribution in [1.82, 2.24) is 9.21 Å². The van der Waals surface area contributed by atoms with Crippen molar-refractivity contribution in [3.05, 3.63) is 59.1 Å². The number of hydrogen-bond donors (Lipinski definition) is 1. The van der Waals surface area contributed by atoms with E-state index in [2.05, 4.69) is 5.32 Å². The molecule has 0 aliphatic carbocycles. The summed E-state index contributed by atoms with van der Waals surface area (Å²) < 4.78 is 26.5. The third-order valence-corrected chi connectivity index (χ3v) is 6.64. The van der Waals surface area contributed by atoms with Crippen molar-refractivity contribution in [2.75, 3.05) is 26.0 Å². The average molecular weight is 438 g/mol. The molecule has 0 aliphatic heterocycles. The minimum atomic E-state index is -3.85. The van der Waals surface area contributed by atoms with Crippen LogP contribution < -0.4 is 5.32 Å². The highest BCUT2D eigenvalue weighted by atomic mass is 35.5. The van der Waals surface area contributed by atoms with Gasteiger partial charge in [-0.15, -0.1) is 0 Å². The SMILES string of the molecule is CC(=O)Nc1ccc(S(=O)(=O)N(C)CC(=O)N(C)C(C)c2ccc(Cl)cc2)cc1. The maximum absolute atomic E-state index is 12.8. The van der Waals surface area contributed by atoms with Crippen molar-refractivity contribution in [2.24, 2.45) is 0 Å². The molecule has 2 amide bonds. The lowest BCUT2D eigenvalue weighted by molar-refractivity contribution is -0.131. The summed E-state index contributed by atoms with van der Waals surface area (Å²) >= 11 is 5.90. The zero-order valence-electron chi connectivity index (χ0n) is 16.7. The summed E-state index contributed by atoms with van der Waals surface area (Å²) in [4.78, 5) is 25.2. The highest BCUT2D eigenvalue weighted by Crippen LogP contribution is 2.22. The molecule has 0 radical (unpaired) electrons. The summed E-state index contributed by atoms with van der Waals surface area (Å²) in [6.07, 6.45) is 0. The van der Waals surface area contributed by atoms with Gasteiger partial charge in [-0.05, 0) is 48.9 Å². The number of carbonyl (C=O) groups is 2. The summed E-state index contributed by atoms with van der Waals surface area (Å²) in [5, 5.41) is 3.18. The molecule has 0 spiro atoms. The third-order valence-electron chi connectivity index (χ3n) is 4.57. The van der Waals surface area contributed by atoms with Crippen molar-refractivity contribution in [2.45, 2.75) is 24.8 Å². The Morgan fingerprint density at radius 1 is 1.03 bits per heavy atom. The van der Waals surface area contributed by atoms with Gasteiger partial charge >= 0.3 is 0 Å². The maximum atomic E-state index is 12.8. The molecule has 156 valence electrons. The van der Waals surface area contributed by atoms with Crippen LogP contribution in [0.4, 0.5) is 5.69 Å². The second kappa shape index (κ2) is 9.39. The minimum Gasteiger partial charge on any atom is -0.338 e. The van der Waals surface area contributed by atoms with Gasteiger partial charge in [0.25, 0.3) is 0 Å². The van der Waals surface area contributed by atoms with E-state index in [0.29, 0.717) is 10.7 Å². The van der Waals surface area contributed by atoms with Crippen molar-refractivity contribution in [1.29, 1.82) is 0 Å². The van der Waals surface area contributed by atoms with Gasteiger partial charge < -0.3 is 10.2 Å². The van der Waals surface area contributed by atoms with Crippen LogP contribution in [-0.2, 0) is 19.6 Å². The van der Waals surface area contributed by atoms with E-state index in [1.165, 1.54) is 43.1 Å². The molecule has 0 heterocycles. The number of anilines is 1. The van der Waals surface area contributed by atoms with Gasteiger partial charge in [0.05, 0.1) is 17.5 Å². The predicted molar refractivity (Wildman–Crippen MR) is 113 cm³/mol. The fraction of sp³-hybridized carbons (Fsp3) is 0.300. The molecule has 0 saturated carbocycles. The molecule has 0 aliphatic rings. The van der Waals surface area contributed by atoms with Crippen LogP contribution in [0.2, 0.25) is 5.02 Å². The smallest absolute Gasteiger partial charge is 0.243 e. The van der Waals surface area contributed by atoms with Crippen molar-refractivity contribution >= 4 is 39.1 Å². The van der Waals surface area contributed by atoms with E-state index in [-0.39, 0.29) is 29.3 Å². The Morgan fingerprint density at radius 3 is 2.10 bits per heavy atom. The van der Waals surface area contributed by atoms with Gasteiger partial charge in [-0.2, -0.15) is 4.31 Å². The number of nitrogens with one attached hydrogen (secondary N) is 1. The summed E-state index contributed by atoms with van der Waals surface area (Å²) in [5.74, 6) is -0.588. The second-order valence-corrected chi connectivity index (χ2v) is 9.18. The molecule has 1 atom stereocenters. The quantitative estimate of drug-likeness (QED) is 0.720. The summed E-state index contributed by atoms with van der Waals surface area (Å²) in [6, 6.07) is 12.7. The molecule has 0 aromatic heterocycles. The molecular weight excluding hydrogens is 414 g/mol. The van der Waals surface area contributed by atoms with Gasteiger partial charge in [-0.1, -0.05) is 23.7 Å². The van der Waals surface area contributed by atoms with Gasteiger partial charge in [0.15, 0.2) is 0 Å². The van der Waals surface area contributed by atoms with E-state index in [1.54, 1.807) is 19.2 Å². The van der Waals surface area contributed by atoms with Crippen molar-refractivity contribution in [3.8, 4) is 0 Å². The Hall–Kier alpha value is -2.42. The van der Waals surface area contributed by atoms with Crippen LogP contribution in [0.5, 0.6) is 0 Å². The summed E-state index contributed by atoms with van der Waals surface area (Å²) in [7, 11) is -0.867. The number of rotatable bonds is 7. The molecule has 2 aromatic carbocycles. The zero-order valence-corrected chi connectivity index (χ0v) is 18.3. The Morgan fingerprint density at radius 2 is 1.59 bits per heavy atom. The number of amides is 2. The van der Waals surface area contributed by atoms with Gasteiger partial charge in [0.1, 0.15) is 0 Å². The van der Waals surface area contributed by atoms with Crippen LogP contribution in [0, 0.1) is 0 Å². The molecule has 0 saturated heterocycles. The average Bonchev–Trinajstić information content (AvgIpc) is 2.67. The van der Waals surface area contributed by atoms with Crippen LogP contribution in [0.1, 0.15) is 25.5 Å². The van der Waals surface area contributed by atoms with Crippen molar-refractivity contribution in [3.63, 3.8) is 0 Å². The Kier molecular flexibility index (Phi) is 7.40. The molecule has 0 fully saturated rings. The lowest BCUT2D eigenvalue weighted by atomic mass is 10.1. The van der Waals surface area contributed by atoms with Crippen LogP contribution in [-0.4, -0.2) is 50.1 Å². The van der Waals surface area contributed by atoms with Gasteiger partial charge in [-0.3, -0.25) is 9.59 Å². The number of nitrogens with zero attached hydrogens (tertiary/aromatic N) is 2. The van der Waals surface area contributed by atoms with Crippen LogP contribution >= 0.6 is 11.6 Å².